The Kier molecular flexibility index (Phi) is 3.60. The Balaban J connectivity index is 2.68. The van der Waals surface area contributed by atoms with Crippen molar-refractivity contribution in [2.24, 2.45) is 0 Å². The van der Waals surface area contributed by atoms with Crippen molar-refractivity contribution < 1.29 is 9.18 Å². The molecule has 0 aliphatic rings. The van der Waals surface area contributed by atoms with Crippen LogP contribution in [0.5, 0.6) is 0 Å². The molecule has 0 bridgehead atoms. The summed E-state index contributed by atoms with van der Waals surface area (Å²) in [6.45, 7) is 1.54. The minimum absolute atomic E-state index is 0.128. The highest BCUT2D eigenvalue weighted by atomic mass is 79.9. The van der Waals surface area contributed by atoms with E-state index in [4.69, 9.17) is 0 Å². The minimum Gasteiger partial charge on any atom is -0.300 e. The van der Waals surface area contributed by atoms with E-state index in [9.17, 15) is 9.18 Å². The van der Waals surface area contributed by atoms with Gasteiger partial charge in [0.15, 0.2) is 0 Å². The number of hydrogen-bond donors (Lipinski definition) is 0. The average molecular weight is 245 g/mol. The van der Waals surface area contributed by atoms with Crippen molar-refractivity contribution in [1.29, 1.82) is 0 Å². The predicted molar refractivity (Wildman–Crippen MR) is 53.1 cm³/mol. The van der Waals surface area contributed by atoms with E-state index in [2.05, 4.69) is 15.9 Å². The molecule has 1 aromatic rings. The number of ketones is 1. The standard InChI is InChI=1S/C10H10BrFO/c1-7(13)2-3-8-4-5-9(11)10(12)6-8/h4-6H,2-3H2,1H3. The van der Waals surface area contributed by atoms with E-state index in [1.54, 1.807) is 6.07 Å². The smallest absolute Gasteiger partial charge is 0.137 e. The van der Waals surface area contributed by atoms with Crippen molar-refractivity contribution in [3.05, 3.63) is 34.1 Å². The van der Waals surface area contributed by atoms with Crippen molar-refractivity contribution in [2.45, 2.75) is 19.8 Å². The molecule has 13 heavy (non-hydrogen) atoms. The maximum Gasteiger partial charge on any atom is 0.137 e. The lowest BCUT2D eigenvalue weighted by molar-refractivity contribution is -0.116. The molecule has 1 nitrogen and oxygen atoms in total. The molecular weight excluding hydrogens is 235 g/mol. The molecule has 0 heterocycles. The highest BCUT2D eigenvalue weighted by Crippen LogP contribution is 2.17. The lowest BCUT2D eigenvalue weighted by Gasteiger charge is -2.00. The van der Waals surface area contributed by atoms with E-state index >= 15 is 0 Å². The molecule has 0 aliphatic carbocycles. The summed E-state index contributed by atoms with van der Waals surface area (Å²) in [6.07, 6.45) is 1.08. The van der Waals surface area contributed by atoms with Crippen LogP contribution in [0.25, 0.3) is 0 Å². The summed E-state index contributed by atoms with van der Waals surface area (Å²) in [7, 11) is 0. The van der Waals surface area contributed by atoms with E-state index in [1.807, 2.05) is 6.07 Å². The molecule has 0 radical (unpaired) electrons. The molecule has 0 amide bonds. The number of rotatable bonds is 3. The van der Waals surface area contributed by atoms with Gasteiger partial charge in [0, 0.05) is 6.42 Å². The van der Waals surface area contributed by atoms with Gasteiger partial charge < -0.3 is 4.79 Å². The molecule has 0 aliphatic heterocycles. The molecule has 3 heteroatoms. The maximum absolute atomic E-state index is 13.0. The molecule has 0 atom stereocenters. The van der Waals surface area contributed by atoms with Crippen LogP contribution in [0.4, 0.5) is 4.39 Å². The number of aryl methyl sites for hydroxylation is 1. The quantitative estimate of drug-likeness (QED) is 0.799. The molecule has 0 N–H and O–H groups in total. The largest absolute Gasteiger partial charge is 0.300 e. The first-order chi connectivity index (χ1) is 6.09. The minimum atomic E-state index is -0.277. The molecule has 0 saturated heterocycles. The van der Waals surface area contributed by atoms with Crippen LogP contribution in [-0.4, -0.2) is 5.78 Å². The van der Waals surface area contributed by atoms with Gasteiger partial charge in [0.2, 0.25) is 0 Å². The van der Waals surface area contributed by atoms with Crippen LogP contribution >= 0.6 is 15.9 Å². The van der Waals surface area contributed by atoms with Crippen LogP contribution < -0.4 is 0 Å². The van der Waals surface area contributed by atoms with Gasteiger partial charge in [-0.25, -0.2) is 4.39 Å². The lowest BCUT2D eigenvalue weighted by Crippen LogP contribution is -1.94. The fourth-order valence-corrected chi connectivity index (χ4v) is 1.26. The molecule has 0 unspecified atom stereocenters. The van der Waals surface area contributed by atoms with E-state index in [0.717, 1.165) is 5.56 Å². The Morgan fingerprint density at radius 2 is 2.23 bits per heavy atom. The number of hydrogen-bond acceptors (Lipinski definition) is 1. The van der Waals surface area contributed by atoms with Gasteiger partial charge >= 0.3 is 0 Å². The monoisotopic (exact) mass is 244 g/mol. The lowest BCUT2D eigenvalue weighted by atomic mass is 10.1. The molecule has 0 aromatic heterocycles. The van der Waals surface area contributed by atoms with Gasteiger partial charge in [-0.15, -0.1) is 0 Å². The fourth-order valence-electron chi connectivity index (χ4n) is 1.02. The van der Waals surface area contributed by atoms with Crippen LogP contribution in [-0.2, 0) is 11.2 Å². The van der Waals surface area contributed by atoms with Crippen molar-refractivity contribution >= 4 is 21.7 Å². The highest BCUT2D eigenvalue weighted by molar-refractivity contribution is 9.10. The second-order valence-corrected chi connectivity index (χ2v) is 3.80. The van der Waals surface area contributed by atoms with Crippen LogP contribution in [0.3, 0.4) is 0 Å². The molecule has 1 aromatic carbocycles. The third kappa shape index (κ3) is 3.27. The van der Waals surface area contributed by atoms with Gasteiger partial charge in [-0.3, -0.25) is 0 Å². The number of Topliss-reactive ketones (excluding diaryl/α,β-unsaturated/α-hetero) is 1. The van der Waals surface area contributed by atoms with Crippen molar-refractivity contribution in [3.8, 4) is 0 Å². The van der Waals surface area contributed by atoms with Gasteiger partial charge in [-0.2, -0.15) is 0 Å². The van der Waals surface area contributed by atoms with Crippen LogP contribution in [0.1, 0.15) is 18.9 Å². The summed E-state index contributed by atoms with van der Waals surface area (Å²) in [5.41, 5.74) is 0.857. The Morgan fingerprint density at radius 1 is 1.54 bits per heavy atom. The van der Waals surface area contributed by atoms with Gasteiger partial charge in [0.25, 0.3) is 0 Å². The first-order valence-corrected chi connectivity index (χ1v) is 4.82. The Labute approximate surface area is 85.1 Å². The van der Waals surface area contributed by atoms with E-state index in [1.165, 1.54) is 13.0 Å². The second-order valence-electron chi connectivity index (χ2n) is 2.95. The summed E-state index contributed by atoms with van der Waals surface area (Å²) in [5, 5.41) is 0. The van der Waals surface area contributed by atoms with E-state index in [0.29, 0.717) is 17.3 Å². The Morgan fingerprint density at radius 3 is 2.77 bits per heavy atom. The third-order valence-electron chi connectivity index (χ3n) is 1.75. The summed E-state index contributed by atoms with van der Waals surface area (Å²) in [4.78, 5) is 10.7. The summed E-state index contributed by atoms with van der Waals surface area (Å²) >= 11 is 3.07. The molecule has 1 rings (SSSR count). The van der Waals surface area contributed by atoms with Crippen molar-refractivity contribution in [1.82, 2.24) is 0 Å². The van der Waals surface area contributed by atoms with Gasteiger partial charge in [0.1, 0.15) is 11.6 Å². The van der Waals surface area contributed by atoms with Gasteiger partial charge in [-0.05, 0) is 47.0 Å². The Hall–Kier alpha value is -0.700. The molecule has 0 fully saturated rings. The first-order valence-electron chi connectivity index (χ1n) is 4.03. The maximum atomic E-state index is 13.0. The molecule has 0 spiro atoms. The molecular formula is C10H10BrFO. The van der Waals surface area contributed by atoms with Crippen LogP contribution in [0.2, 0.25) is 0 Å². The zero-order chi connectivity index (χ0) is 9.84. The van der Waals surface area contributed by atoms with Crippen LogP contribution in [0, 0.1) is 5.82 Å². The van der Waals surface area contributed by atoms with Gasteiger partial charge in [0.05, 0.1) is 4.47 Å². The number of halogens is 2. The number of benzene rings is 1. The number of carbonyl (C=O) groups is 1. The SMILES string of the molecule is CC(=O)CCc1ccc(Br)c(F)c1. The van der Waals surface area contributed by atoms with Crippen molar-refractivity contribution in [2.75, 3.05) is 0 Å². The van der Waals surface area contributed by atoms with E-state index < -0.39 is 0 Å². The zero-order valence-electron chi connectivity index (χ0n) is 7.31. The topological polar surface area (TPSA) is 17.1 Å². The van der Waals surface area contributed by atoms with E-state index in [-0.39, 0.29) is 11.6 Å². The average Bonchev–Trinajstić information content (AvgIpc) is 2.07. The zero-order valence-corrected chi connectivity index (χ0v) is 8.90. The molecule has 0 saturated carbocycles. The van der Waals surface area contributed by atoms with Crippen LogP contribution in [0.15, 0.2) is 22.7 Å². The first kappa shape index (κ1) is 10.4. The second kappa shape index (κ2) is 4.51. The summed E-state index contributed by atoms with van der Waals surface area (Å²) in [6, 6.07) is 4.92. The van der Waals surface area contributed by atoms with Gasteiger partial charge in [-0.1, -0.05) is 6.07 Å². The fraction of sp³-hybridized carbons (Fsp3) is 0.300. The Bertz CT molecular complexity index is 323. The highest BCUT2D eigenvalue weighted by Gasteiger charge is 2.01. The third-order valence-corrected chi connectivity index (χ3v) is 2.39. The summed E-state index contributed by atoms with van der Waals surface area (Å²) in [5.74, 6) is -0.149. The normalized spacial score (nSPS) is 10.1. The molecule has 70 valence electrons. The van der Waals surface area contributed by atoms with Crippen molar-refractivity contribution in [3.63, 3.8) is 0 Å². The number of carbonyl (C=O) groups excluding carboxylic acids is 1. The predicted octanol–water partition coefficient (Wildman–Crippen LogP) is 3.11. The summed E-state index contributed by atoms with van der Waals surface area (Å²) < 4.78 is 13.4.